The van der Waals surface area contributed by atoms with Crippen molar-refractivity contribution >= 4 is 5.91 Å². The Bertz CT molecular complexity index is 181. The molecule has 0 aromatic carbocycles. The van der Waals surface area contributed by atoms with E-state index >= 15 is 0 Å². The molecule has 0 heterocycles. The zero-order valence-electron chi connectivity index (χ0n) is 11.8. The van der Waals surface area contributed by atoms with Crippen LogP contribution in [0.15, 0.2) is 0 Å². The Labute approximate surface area is 107 Å². The van der Waals surface area contributed by atoms with Crippen LogP contribution in [0.1, 0.15) is 58.8 Å². The molecule has 17 heavy (non-hydrogen) atoms. The molecule has 0 rings (SSSR count). The van der Waals surface area contributed by atoms with Gasteiger partial charge in [0.15, 0.2) is 0 Å². The van der Waals surface area contributed by atoms with Crippen LogP contribution in [0, 0.1) is 5.92 Å². The summed E-state index contributed by atoms with van der Waals surface area (Å²) in [5.41, 5.74) is 0. The molecule has 0 bridgehead atoms. The van der Waals surface area contributed by atoms with E-state index in [0.717, 1.165) is 25.4 Å². The van der Waals surface area contributed by atoms with Crippen molar-refractivity contribution < 1.29 is 4.79 Å². The van der Waals surface area contributed by atoms with Crippen LogP contribution >= 0.6 is 0 Å². The summed E-state index contributed by atoms with van der Waals surface area (Å²) in [6.45, 7) is 6.62. The van der Waals surface area contributed by atoms with Gasteiger partial charge in [-0.05, 0) is 31.8 Å². The fourth-order valence-electron chi connectivity index (χ4n) is 1.78. The number of carbonyl (C=O) groups excluding carboxylic acids is 1. The van der Waals surface area contributed by atoms with Crippen molar-refractivity contribution in [3.63, 3.8) is 0 Å². The molecule has 0 aromatic heterocycles. The fourth-order valence-corrected chi connectivity index (χ4v) is 1.78. The van der Waals surface area contributed by atoms with E-state index in [4.69, 9.17) is 0 Å². The average Bonchev–Trinajstić information content (AvgIpc) is 2.30. The topological polar surface area (TPSA) is 41.1 Å². The molecule has 2 N–H and O–H groups in total. The maximum Gasteiger partial charge on any atom is 0.219 e. The van der Waals surface area contributed by atoms with E-state index in [1.165, 1.54) is 32.1 Å². The molecule has 0 saturated heterocycles. The van der Waals surface area contributed by atoms with Crippen LogP contribution in [-0.2, 0) is 4.79 Å². The van der Waals surface area contributed by atoms with Crippen LogP contribution in [0.3, 0.4) is 0 Å². The standard InChI is InChI=1S/C14H30N2O/c1-13(2)9-6-4-5-7-11-16-12-8-10-14(17)15-3/h13,16H,4-12H2,1-3H3,(H,15,17). The Morgan fingerprint density at radius 2 is 1.65 bits per heavy atom. The lowest BCUT2D eigenvalue weighted by Gasteiger charge is -2.05. The third-order valence-corrected chi connectivity index (χ3v) is 2.92. The van der Waals surface area contributed by atoms with Gasteiger partial charge in [-0.25, -0.2) is 0 Å². The monoisotopic (exact) mass is 242 g/mol. The molecule has 0 aromatic rings. The zero-order valence-corrected chi connectivity index (χ0v) is 11.8. The summed E-state index contributed by atoms with van der Waals surface area (Å²) in [6.07, 6.45) is 8.25. The van der Waals surface area contributed by atoms with Crippen molar-refractivity contribution in [3.8, 4) is 0 Å². The van der Waals surface area contributed by atoms with Crippen LogP contribution in [0.5, 0.6) is 0 Å². The lowest BCUT2D eigenvalue weighted by molar-refractivity contribution is -0.120. The van der Waals surface area contributed by atoms with Crippen LogP contribution in [0.25, 0.3) is 0 Å². The van der Waals surface area contributed by atoms with E-state index in [2.05, 4.69) is 24.5 Å². The first-order valence-corrected chi connectivity index (χ1v) is 7.08. The lowest BCUT2D eigenvalue weighted by atomic mass is 10.0. The normalized spacial score (nSPS) is 10.8. The van der Waals surface area contributed by atoms with E-state index < -0.39 is 0 Å². The molecule has 102 valence electrons. The second kappa shape index (κ2) is 11.9. The van der Waals surface area contributed by atoms with E-state index in [1.54, 1.807) is 7.05 Å². The Balaban J connectivity index is 3.01. The quantitative estimate of drug-likeness (QED) is 0.547. The molecule has 0 fully saturated rings. The summed E-state index contributed by atoms with van der Waals surface area (Å²) >= 11 is 0. The predicted octanol–water partition coefficient (Wildman–Crippen LogP) is 2.71. The van der Waals surface area contributed by atoms with Gasteiger partial charge in [0.25, 0.3) is 0 Å². The van der Waals surface area contributed by atoms with Crippen LogP contribution in [0.2, 0.25) is 0 Å². The van der Waals surface area contributed by atoms with E-state index in [0.29, 0.717) is 6.42 Å². The predicted molar refractivity (Wildman–Crippen MR) is 74.1 cm³/mol. The summed E-state index contributed by atoms with van der Waals surface area (Å²) in [5.74, 6) is 0.985. The summed E-state index contributed by atoms with van der Waals surface area (Å²) in [4.78, 5) is 10.9. The van der Waals surface area contributed by atoms with Gasteiger partial charge < -0.3 is 10.6 Å². The number of hydrogen-bond acceptors (Lipinski definition) is 2. The highest BCUT2D eigenvalue weighted by Gasteiger charge is 1.97. The molecular formula is C14H30N2O. The summed E-state index contributed by atoms with van der Waals surface area (Å²) in [7, 11) is 1.69. The van der Waals surface area contributed by atoms with Crippen LogP contribution in [-0.4, -0.2) is 26.0 Å². The third kappa shape index (κ3) is 13.4. The number of hydrogen-bond donors (Lipinski definition) is 2. The first kappa shape index (κ1) is 16.4. The zero-order chi connectivity index (χ0) is 12.9. The highest BCUT2D eigenvalue weighted by atomic mass is 16.1. The summed E-state index contributed by atoms with van der Waals surface area (Å²) in [5, 5.41) is 6.02. The van der Waals surface area contributed by atoms with Gasteiger partial charge in [-0.15, -0.1) is 0 Å². The third-order valence-electron chi connectivity index (χ3n) is 2.92. The van der Waals surface area contributed by atoms with Crippen molar-refractivity contribution in [3.05, 3.63) is 0 Å². The maximum absolute atomic E-state index is 10.9. The summed E-state index contributed by atoms with van der Waals surface area (Å²) in [6, 6.07) is 0. The van der Waals surface area contributed by atoms with Crippen molar-refractivity contribution in [2.24, 2.45) is 5.92 Å². The van der Waals surface area contributed by atoms with Crippen molar-refractivity contribution in [2.45, 2.75) is 58.8 Å². The maximum atomic E-state index is 10.9. The highest BCUT2D eigenvalue weighted by Crippen LogP contribution is 2.08. The van der Waals surface area contributed by atoms with Gasteiger partial charge in [0.1, 0.15) is 0 Å². The SMILES string of the molecule is CNC(=O)CCCNCCCCCCC(C)C. The summed E-state index contributed by atoms with van der Waals surface area (Å²) < 4.78 is 0. The van der Waals surface area contributed by atoms with Gasteiger partial charge in [0.05, 0.1) is 0 Å². The molecule has 1 amide bonds. The lowest BCUT2D eigenvalue weighted by Crippen LogP contribution is -2.21. The first-order chi connectivity index (χ1) is 8.16. The van der Waals surface area contributed by atoms with Crippen LogP contribution < -0.4 is 10.6 Å². The molecule has 0 aliphatic carbocycles. The Hall–Kier alpha value is -0.570. The number of unbranched alkanes of at least 4 members (excludes halogenated alkanes) is 3. The Kier molecular flexibility index (Phi) is 11.5. The van der Waals surface area contributed by atoms with Gasteiger partial charge >= 0.3 is 0 Å². The molecular weight excluding hydrogens is 212 g/mol. The largest absolute Gasteiger partial charge is 0.359 e. The molecule has 0 saturated carbocycles. The van der Waals surface area contributed by atoms with Gasteiger partial charge in [-0.3, -0.25) is 4.79 Å². The second-order valence-electron chi connectivity index (χ2n) is 5.12. The van der Waals surface area contributed by atoms with Crippen LogP contribution in [0.4, 0.5) is 0 Å². The molecule has 0 atom stereocenters. The minimum atomic E-state index is 0.139. The fraction of sp³-hybridized carbons (Fsp3) is 0.929. The van der Waals surface area contributed by atoms with E-state index in [-0.39, 0.29) is 5.91 Å². The smallest absolute Gasteiger partial charge is 0.219 e. The van der Waals surface area contributed by atoms with E-state index in [1.807, 2.05) is 0 Å². The molecule has 0 unspecified atom stereocenters. The molecule has 0 aliphatic rings. The molecule has 0 aliphatic heterocycles. The molecule has 3 nitrogen and oxygen atoms in total. The minimum absolute atomic E-state index is 0.139. The van der Waals surface area contributed by atoms with E-state index in [9.17, 15) is 4.79 Å². The molecule has 0 spiro atoms. The van der Waals surface area contributed by atoms with Crippen molar-refractivity contribution in [1.29, 1.82) is 0 Å². The number of amides is 1. The average molecular weight is 242 g/mol. The number of rotatable bonds is 11. The number of nitrogens with one attached hydrogen (secondary N) is 2. The first-order valence-electron chi connectivity index (χ1n) is 7.08. The second-order valence-corrected chi connectivity index (χ2v) is 5.12. The van der Waals surface area contributed by atoms with Gasteiger partial charge in [-0.2, -0.15) is 0 Å². The Morgan fingerprint density at radius 3 is 2.29 bits per heavy atom. The van der Waals surface area contributed by atoms with Crippen molar-refractivity contribution in [2.75, 3.05) is 20.1 Å². The number of carbonyl (C=O) groups is 1. The highest BCUT2D eigenvalue weighted by molar-refractivity contribution is 5.75. The van der Waals surface area contributed by atoms with Gasteiger partial charge in [0, 0.05) is 13.5 Å². The minimum Gasteiger partial charge on any atom is -0.359 e. The Morgan fingerprint density at radius 1 is 1.00 bits per heavy atom. The van der Waals surface area contributed by atoms with Gasteiger partial charge in [-0.1, -0.05) is 39.5 Å². The van der Waals surface area contributed by atoms with Gasteiger partial charge in [0.2, 0.25) is 5.91 Å². The molecule has 0 radical (unpaired) electrons. The molecule has 3 heteroatoms. The van der Waals surface area contributed by atoms with Crippen molar-refractivity contribution in [1.82, 2.24) is 10.6 Å².